The van der Waals surface area contributed by atoms with Crippen molar-refractivity contribution in [2.45, 2.75) is 19.4 Å². The molecule has 0 saturated heterocycles. The second-order valence-electron chi connectivity index (χ2n) is 5.81. The fourth-order valence-electron chi connectivity index (χ4n) is 2.85. The molecular formula is C18H14ClNO5. The van der Waals surface area contributed by atoms with E-state index in [-0.39, 0.29) is 19.3 Å². The van der Waals surface area contributed by atoms with E-state index >= 15 is 0 Å². The standard InChI is InChI=1S/C18H14ClNO5/c19-13-5-10(6-15-17(13)25-9-24-15)8-23-18(22)12-1-3-14-11(7-12)2-4-16(21)20-14/h1,3,5-7H,2,4,8-9H2,(H,20,21). The average molecular weight is 360 g/mol. The number of anilines is 1. The van der Waals surface area contributed by atoms with Gasteiger partial charge in [0.25, 0.3) is 0 Å². The molecule has 0 saturated carbocycles. The molecule has 4 rings (SSSR count). The van der Waals surface area contributed by atoms with Gasteiger partial charge in [0.05, 0.1) is 10.6 Å². The Morgan fingerprint density at radius 1 is 1.20 bits per heavy atom. The van der Waals surface area contributed by atoms with Crippen LogP contribution in [0, 0.1) is 0 Å². The van der Waals surface area contributed by atoms with Gasteiger partial charge in [-0.1, -0.05) is 11.6 Å². The number of carbonyl (C=O) groups is 2. The monoisotopic (exact) mass is 359 g/mol. The molecule has 0 atom stereocenters. The van der Waals surface area contributed by atoms with E-state index in [1.807, 2.05) is 0 Å². The van der Waals surface area contributed by atoms with Crippen LogP contribution >= 0.6 is 11.6 Å². The zero-order valence-corrected chi connectivity index (χ0v) is 13.9. The third-order valence-corrected chi connectivity index (χ3v) is 4.37. The van der Waals surface area contributed by atoms with Crippen molar-refractivity contribution < 1.29 is 23.8 Å². The molecule has 2 aromatic carbocycles. The molecule has 2 heterocycles. The van der Waals surface area contributed by atoms with Crippen molar-refractivity contribution in [3.05, 3.63) is 52.0 Å². The number of fused-ring (bicyclic) bond motifs is 2. The summed E-state index contributed by atoms with van der Waals surface area (Å²) in [7, 11) is 0. The van der Waals surface area contributed by atoms with Crippen molar-refractivity contribution in [3.8, 4) is 11.5 Å². The van der Waals surface area contributed by atoms with Gasteiger partial charge in [-0.3, -0.25) is 4.79 Å². The summed E-state index contributed by atoms with van der Waals surface area (Å²) in [6.07, 6.45) is 1.03. The maximum absolute atomic E-state index is 12.3. The number of esters is 1. The van der Waals surface area contributed by atoms with Gasteiger partial charge >= 0.3 is 5.97 Å². The van der Waals surface area contributed by atoms with Gasteiger partial charge in [0.15, 0.2) is 11.5 Å². The van der Waals surface area contributed by atoms with Crippen LogP contribution in [0.5, 0.6) is 11.5 Å². The first-order chi connectivity index (χ1) is 12.1. The first-order valence-corrected chi connectivity index (χ1v) is 8.16. The molecule has 1 amide bonds. The zero-order valence-electron chi connectivity index (χ0n) is 13.1. The van der Waals surface area contributed by atoms with Crippen molar-refractivity contribution >= 4 is 29.2 Å². The average Bonchev–Trinajstić information content (AvgIpc) is 3.08. The highest BCUT2D eigenvalue weighted by Gasteiger charge is 2.20. The van der Waals surface area contributed by atoms with Crippen LogP contribution in [0.4, 0.5) is 5.69 Å². The minimum absolute atomic E-state index is 0.0116. The second kappa shape index (κ2) is 6.29. The van der Waals surface area contributed by atoms with Crippen molar-refractivity contribution in [1.29, 1.82) is 0 Å². The van der Waals surface area contributed by atoms with Crippen LogP contribution in [0.15, 0.2) is 30.3 Å². The summed E-state index contributed by atoms with van der Waals surface area (Å²) in [4.78, 5) is 23.7. The molecule has 7 heteroatoms. The first kappa shape index (κ1) is 15.8. The molecule has 0 unspecified atom stereocenters. The SMILES string of the molecule is O=C1CCc2cc(C(=O)OCc3cc(Cl)c4c(c3)OCO4)ccc2N1. The molecule has 0 spiro atoms. The van der Waals surface area contributed by atoms with Gasteiger partial charge in [-0.2, -0.15) is 0 Å². The molecule has 2 aromatic rings. The van der Waals surface area contributed by atoms with E-state index in [0.29, 0.717) is 40.5 Å². The molecule has 2 aliphatic heterocycles. The number of benzene rings is 2. The second-order valence-corrected chi connectivity index (χ2v) is 6.21. The summed E-state index contributed by atoms with van der Waals surface area (Å²) >= 11 is 6.12. The number of nitrogens with one attached hydrogen (secondary N) is 1. The smallest absolute Gasteiger partial charge is 0.338 e. The van der Waals surface area contributed by atoms with Gasteiger partial charge in [0.1, 0.15) is 6.61 Å². The molecule has 128 valence electrons. The van der Waals surface area contributed by atoms with Crippen molar-refractivity contribution in [2.75, 3.05) is 12.1 Å². The Kier molecular flexibility index (Phi) is 3.97. The van der Waals surface area contributed by atoms with E-state index in [1.54, 1.807) is 30.3 Å². The Labute approximate surface area is 148 Å². The third kappa shape index (κ3) is 3.13. The van der Waals surface area contributed by atoms with Gasteiger partial charge < -0.3 is 19.5 Å². The van der Waals surface area contributed by atoms with Gasteiger partial charge in [0.2, 0.25) is 12.7 Å². The maximum Gasteiger partial charge on any atom is 0.338 e. The van der Waals surface area contributed by atoms with Crippen molar-refractivity contribution in [1.82, 2.24) is 0 Å². The maximum atomic E-state index is 12.3. The van der Waals surface area contributed by atoms with Crippen LogP contribution < -0.4 is 14.8 Å². The molecule has 0 radical (unpaired) electrons. The van der Waals surface area contributed by atoms with Crippen LogP contribution in [0.25, 0.3) is 0 Å². The number of hydrogen-bond acceptors (Lipinski definition) is 5. The largest absolute Gasteiger partial charge is 0.457 e. The topological polar surface area (TPSA) is 73.9 Å². The van der Waals surface area contributed by atoms with Crippen LogP contribution in [-0.2, 0) is 22.6 Å². The number of aryl methyl sites for hydroxylation is 1. The summed E-state index contributed by atoms with van der Waals surface area (Å²) < 4.78 is 15.9. The highest BCUT2D eigenvalue weighted by Crippen LogP contribution is 2.40. The third-order valence-electron chi connectivity index (χ3n) is 4.09. The number of ether oxygens (including phenoxy) is 3. The lowest BCUT2D eigenvalue weighted by Gasteiger charge is -2.17. The predicted octanol–water partition coefficient (Wildman–Crippen LogP) is 3.31. The Bertz CT molecular complexity index is 880. The van der Waals surface area contributed by atoms with Crippen LogP contribution in [-0.4, -0.2) is 18.7 Å². The minimum atomic E-state index is -0.437. The Balaban J connectivity index is 1.46. The van der Waals surface area contributed by atoms with Crippen LogP contribution in [0.3, 0.4) is 0 Å². The van der Waals surface area contributed by atoms with Gasteiger partial charge in [0, 0.05) is 12.1 Å². The summed E-state index contributed by atoms with van der Waals surface area (Å²) in [5.74, 6) is 0.604. The van der Waals surface area contributed by atoms with Crippen LogP contribution in [0.2, 0.25) is 5.02 Å². The Morgan fingerprint density at radius 3 is 2.96 bits per heavy atom. The molecular weight excluding hydrogens is 346 g/mol. The Hall–Kier alpha value is -2.73. The van der Waals surface area contributed by atoms with E-state index in [1.165, 1.54) is 0 Å². The quantitative estimate of drug-likeness (QED) is 0.851. The van der Waals surface area contributed by atoms with E-state index in [0.717, 1.165) is 11.3 Å². The van der Waals surface area contributed by atoms with Crippen molar-refractivity contribution in [2.24, 2.45) is 0 Å². The van der Waals surface area contributed by atoms with Crippen LogP contribution in [0.1, 0.15) is 27.9 Å². The van der Waals surface area contributed by atoms with E-state index in [9.17, 15) is 9.59 Å². The number of rotatable bonds is 3. The lowest BCUT2D eigenvalue weighted by molar-refractivity contribution is -0.116. The Morgan fingerprint density at radius 2 is 2.08 bits per heavy atom. The number of halogens is 1. The lowest BCUT2D eigenvalue weighted by Crippen LogP contribution is -2.19. The van der Waals surface area contributed by atoms with Gasteiger partial charge in [-0.25, -0.2) is 4.79 Å². The van der Waals surface area contributed by atoms with Crippen molar-refractivity contribution in [3.63, 3.8) is 0 Å². The summed E-state index contributed by atoms with van der Waals surface area (Å²) in [5.41, 5.74) is 2.84. The molecule has 25 heavy (non-hydrogen) atoms. The highest BCUT2D eigenvalue weighted by molar-refractivity contribution is 6.32. The van der Waals surface area contributed by atoms with Gasteiger partial charge in [-0.05, 0) is 47.9 Å². The fourth-order valence-corrected chi connectivity index (χ4v) is 3.13. The fraction of sp³-hybridized carbons (Fsp3) is 0.222. The van der Waals surface area contributed by atoms with E-state index < -0.39 is 5.97 Å². The zero-order chi connectivity index (χ0) is 17.4. The number of hydrogen-bond donors (Lipinski definition) is 1. The number of amides is 1. The molecule has 0 bridgehead atoms. The molecule has 0 fully saturated rings. The summed E-state index contributed by atoms with van der Waals surface area (Å²) in [5, 5.41) is 3.20. The predicted molar refractivity (Wildman–Crippen MR) is 90.1 cm³/mol. The molecule has 1 N–H and O–H groups in total. The lowest BCUT2D eigenvalue weighted by atomic mass is 10.0. The van der Waals surface area contributed by atoms with E-state index in [4.69, 9.17) is 25.8 Å². The van der Waals surface area contributed by atoms with Gasteiger partial charge in [-0.15, -0.1) is 0 Å². The molecule has 6 nitrogen and oxygen atoms in total. The molecule has 0 aromatic heterocycles. The first-order valence-electron chi connectivity index (χ1n) is 7.78. The minimum Gasteiger partial charge on any atom is -0.457 e. The normalized spacial score (nSPS) is 14.7. The molecule has 0 aliphatic carbocycles. The summed E-state index contributed by atoms with van der Waals surface area (Å²) in [6.45, 7) is 0.201. The van der Waals surface area contributed by atoms with E-state index in [2.05, 4.69) is 5.32 Å². The summed E-state index contributed by atoms with van der Waals surface area (Å²) in [6, 6.07) is 8.54. The molecule has 2 aliphatic rings. The number of carbonyl (C=O) groups excluding carboxylic acids is 2. The highest BCUT2D eigenvalue weighted by atomic mass is 35.5.